The van der Waals surface area contributed by atoms with Crippen LogP contribution in [0.15, 0.2) is 35.4 Å². The molecule has 0 aliphatic carbocycles. The molecule has 1 heterocycles. The van der Waals surface area contributed by atoms with Crippen molar-refractivity contribution in [1.29, 1.82) is 0 Å². The monoisotopic (exact) mass is 282 g/mol. The second-order valence-electron chi connectivity index (χ2n) is 3.67. The summed E-state index contributed by atoms with van der Waals surface area (Å²) < 4.78 is 1.67. The van der Waals surface area contributed by atoms with Gasteiger partial charge in [-0.25, -0.2) is 4.68 Å². The van der Waals surface area contributed by atoms with Crippen molar-refractivity contribution in [3.8, 4) is 5.69 Å². The summed E-state index contributed by atoms with van der Waals surface area (Å²) in [4.78, 5) is 10.6. The van der Waals surface area contributed by atoms with Gasteiger partial charge >= 0.3 is 5.97 Å². The molecule has 4 nitrogen and oxygen atoms in total. The summed E-state index contributed by atoms with van der Waals surface area (Å²) >= 11 is 7.34. The number of hydrogen-bond donors (Lipinski definition) is 1. The maximum absolute atomic E-state index is 10.6. The number of benzene rings is 1. The van der Waals surface area contributed by atoms with E-state index in [9.17, 15) is 4.79 Å². The molecule has 0 unspecified atom stereocenters. The van der Waals surface area contributed by atoms with Gasteiger partial charge in [0.25, 0.3) is 0 Å². The topological polar surface area (TPSA) is 55.1 Å². The average Bonchev–Trinajstić information content (AvgIpc) is 2.68. The molecule has 0 saturated carbocycles. The van der Waals surface area contributed by atoms with Crippen LogP contribution in [0.3, 0.4) is 0 Å². The Kier molecular flexibility index (Phi) is 3.93. The number of halogens is 1. The molecule has 0 atom stereocenters. The number of carboxylic acid groups (broad SMARTS) is 1. The van der Waals surface area contributed by atoms with Gasteiger partial charge in [0.05, 0.1) is 22.2 Å². The van der Waals surface area contributed by atoms with Gasteiger partial charge in [0.15, 0.2) is 0 Å². The summed E-state index contributed by atoms with van der Waals surface area (Å²) in [7, 11) is 0. The van der Waals surface area contributed by atoms with Crippen LogP contribution in [0.2, 0.25) is 5.02 Å². The molecule has 1 aromatic carbocycles. The van der Waals surface area contributed by atoms with Gasteiger partial charge in [-0.2, -0.15) is 5.10 Å². The summed E-state index contributed by atoms with van der Waals surface area (Å²) in [5, 5.41) is 14.4. The van der Waals surface area contributed by atoms with Crippen molar-refractivity contribution in [2.24, 2.45) is 0 Å². The Hall–Kier alpha value is -1.46. The average molecular weight is 283 g/mol. The normalized spacial score (nSPS) is 10.6. The molecule has 0 aliphatic heterocycles. The van der Waals surface area contributed by atoms with Crippen LogP contribution in [-0.2, 0) is 4.79 Å². The van der Waals surface area contributed by atoms with Crippen LogP contribution in [0.25, 0.3) is 5.69 Å². The summed E-state index contributed by atoms with van der Waals surface area (Å²) in [6.45, 7) is 1.86. The number of aliphatic carboxylic acids is 1. The molecule has 0 fully saturated rings. The van der Waals surface area contributed by atoms with Crippen molar-refractivity contribution >= 4 is 29.3 Å². The van der Waals surface area contributed by atoms with Crippen molar-refractivity contribution < 1.29 is 9.90 Å². The number of aryl methyl sites for hydroxylation is 1. The van der Waals surface area contributed by atoms with Gasteiger partial charge in [-0.15, -0.1) is 0 Å². The van der Waals surface area contributed by atoms with Gasteiger partial charge in [-0.1, -0.05) is 35.5 Å². The lowest BCUT2D eigenvalue weighted by molar-refractivity contribution is -0.133. The molecule has 6 heteroatoms. The van der Waals surface area contributed by atoms with E-state index < -0.39 is 5.97 Å². The Morgan fingerprint density at radius 3 is 2.89 bits per heavy atom. The highest BCUT2D eigenvalue weighted by Crippen LogP contribution is 2.26. The molecule has 94 valence electrons. The third-order valence-corrected chi connectivity index (χ3v) is 3.52. The minimum absolute atomic E-state index is 0.00438. The number of carbonyl (C=O) groups is 1. The maximum atomic E-state index is 10.6. The Labute approximate surface area is 114 Å². The van der Waals surface area contributed by atoms with Crippen molar-refractivity contribution in [2.45, 2.75) is 11.9 Å². The molecule has 0 amide bonds. The van der Waals surface area contributed by atoms with E-state index in [0.29, 0.717) is 5.02 Å². The molecular formula is C12H11ClN2O2S. The van der Waals surface area contributed by atoms with E-state index in [4.69, 9.17) is 16.7 Å². The first-order valence-electron chi connectivity index (χ1n) is 5.24. The molecule has 0 radical (unpaired) electrons. The Bertz CT molecular complexity index is 583. The van der Waals surface area contributed by atoms with Crippen molar-refractivity contribution in [2.75, 3.05) is 5.75 Å². The first-order chi connectivity index (χ1) is 8.58. The molecular weight excluding hydrogens is 272 g/mol. The van der Waals surface area contributed by atoms with Crippen LogP contribution < -0.4 is 0 Å². The number of nitrogens with zero attached hydrogens (tertiary/aromatic N) is 2. The zero-order valence-electron chi connectivity index (χ0n) is 9.63. The van der Waals surface area contributed by atoms with E-state index in [1.807, 2.05) is 31.2 Å². The number of para-hydroxylation sites is 1. The molecule has 1 aromatic heterocycles. The lowest BCUT2D eigenvalue weighted by atomic mass is 10.3. The van der Waals surface area contributed by atoms with Crippen molar-refractivity contribution in [3.63, 3.8) is 0 Å². The fraction of sp³-hybridized carbons (Fsp3) is 0.167. The second kappa shape index (κ2) is 5.46. The number of rotatable bonds is 4. The van der Waals surface area contributed by atoms with Crippen molar-refractivity contribution in [3.05, 3.63) is 41.0 Å². The number of aromatic nitrogens is 2. The maximum Gasteiger partial charge on any atom is 0.313 e. The summed E-state index contributed by atoms with van der Waals surface area (Å²) in [5.74, 6) is -0.861. The Balaban J connectivity index is 2.38. The standard InChI is InChI=1S/C12H11ClN2O2S/c1-8-6-11(18-7-12(16)17)15(14-8)10-5-3-2-4-9(10)13/h2-6H,7H2,1H3,(H,16,17). The van der Waals surface area contributed by atoms with Gasteiger partial charge in [0.2, 0.25) is 0 Å². The van der Waals surface area contributed by atoms with Crippen LogP contribution in [0, 0.1) is 6.92 Å². The van der Waals surface area contributed by atoms with E-state index in [1.165, 1.54) is 11.8 Å². The van der Waals surface area contributed by atoms with Crippen LogP contribution in [0.4, 0.5) is 0 Å². The van der Waals surface area contributed by atoms with E-state index in [2.05, 4.69) is 5.10 Å². The van der Waals surface area contributed by atoms with Crippen molar-refractivity contribution in [1.82, 2.24) is 9.78 Å². The van der Waals surface area contributed by atoms with Crippen LogP contribution in [-0.4, -0.2) is 26.6 Å². The van der Waals surface area contributed by atoms with Gasteiger partial charge in [0.1, 0.15) is 5.03 Å². The highest BCUT2D eigenvalue weighted by atomic mass is 35.5. The van der Waals surface area contributed by atoms with E-state index >= 15 is 0 Å². The highest BCUT2D eigenvalue weighted by molar-refractivity contribution is 7.99. The number of carboxylic acids is 1. The molecule has 0 bridgehead atoms. The third kappa shape index (κ3) is 2.86. The van der Waals surface area contributed by atoms with E-state index in [1.54, 1.807) is 10.7 Å². The van der Waals surface area contributed by atoms with Crippen LogP contribution in [0.1, 0.15) is 5.69 Å². The zero-order valence-corrected chi connectivity index (χ0v) is 11.2. The molecule has 0 aliphatic rings. The molecule has 2 aromatic rings. The first-order valence-corrected chi connectivity index (χ1v) is 6.60. The quantitative estimate of drug-likeness (QED) is 0.876. The van der Waals surface area contributed by atoms with Gasteiger partial charge < -0.3 is 5.11 Å². The Morgan fingerprint density at radius 2 is 2.22 bits per heavy atom. The summed E-state index contributed by atoms with van der Waals surface area (Å²) in [5.41, 5.74) is 1.57. The summed E-state index contributed by atoms with van der Waals surface area (Å²) in [6, 6.07) is 9.17. The molecule has 1 N–H and O–H groups in total. The van der Waals surface area contributed by atoms with E-state index in [-0.39, 0.29) is 5.75 Å². The zero-order chi connectivity index (χ0) is 13.1. The fourth-order valence-electron chi connectivity index (χ4n) is 1.51. The minimum atomic E-state index is -0.857. The second-order valence-corrected chi connectivity index (χ2v) is 5.07. The minimum Gasteiger partial charge on any atom is -0.481 e. The Morgan fingerprint density at radius 1 is 1.50 bits per heavy atom. The predicted molar refractivity (Wildman–Crippen MR) is 71.7 cm³/mol. The lowest BCUT2D eigenvalue weighted by Gasteiger charge is -2.07. The first kappa shape index (κ1) is 13.0. The third-order valence-electron chi connectivity index (χ3n) is 2.22. The van der Waals surface area contributed by atoms with Gasteiger partial charge in [0, 0.05) is 0 Å². The molecule has 0 saturated heterocycles. The predicted octanol–water partition coefficient (Wildman–Crippen LogP) is 3.01. The molecule has 2 rings (SSSR count). The largest absolute Gasteiger partial charge is 0.481 e. The fourth-order valence-corrected chi connectivity index (χ4v) is 2.51. The molecule has 18 heavy (non-hydrogen) atoms. The smallest absolute Gasteiger partial charge is 0.313 e. The van der Waals surface area contributed by atoms with Gasteiger partial charge in [-0.05, 0) is 25.1 Å². The SMILES string of the molecule is Cc1cc(SCC(=O)O)n(-c2ccccc2Cl)n1. The van der Waals surface area contributed by atoms with Crippen LogP contribution in [0.5, 0.6) is 0 Å². The lowest BCUT2D eigenvalue weighted by Crippen LogP contribution is -2.02. The number of thioether (sulfide) groups is 1. The van der Waals surface area contributed by atoms with E-state index in [0.717, 1.165) is 16.4 Å². The van der Waals surface area contributed by atoms with Crippen LogP contribution >= 0.6 is 23.4 Å². The highest BCUT2D eigenvalue weighted by Gasteiger charge is 2.11. The van der Waals surface area contributed by atoms with Gasteiger partial charge in [-0.3, -0.25) is 4.79 Å². The number of hydrogen-bond acceptors (Lipinski definition) is 3. The summed E-state index contributed by atoms with van der Waals surface area (Å²) in [6.07, 6.45) is 0. The molecule has 0 spiro atoms.